The van der Waals surface area contributed by atoms with Gasteiger partial charge in [-0.25, -0.2) is 0 Å². The van der Waals surface area contributed by atoms with Gasteiger partial charge < -0.3 is 0 Å². The zero-order valence-electron chi connectivity index (χ0n) is 30.4. The summed E-state index contributed by atoms with van der Waals surface area (Å²) in [6.07, 6.45) is 56.3. The van der Waals surface area contributed by atoms with Crippen molar-refractivity contribution in [2.24, 2.45) is 5.92 Å². The van der Waals surface area contributed by atoms with Crippen molar-refractivity contribution < 1.29 is 0 Å². The Hall–Kier alpha value is 0. The Morgan fingerprint density at radius 3 is 0.548 bits per heavy atom. The van der Waals surface area contributed by atoms with Crippen LogP contribution in [0.25, 0.3) is 0 Å². The number of hydrogen-bond donors (Lipinski definition) is 0. The molecule has 0 heterocycles. The van der Waals surface area contributed by atoms with Crippen LogP contribution in [0.1, 0.15) is 265 Å². The van der Waals surface area contributed by atoms with Crippen LogP contribution >= 0.6 is 0 Å². The van der Waals surface area contributed by atoms with Gasteiger partial charge in [-0.15, -0.1) is 0 Å². The van der Waals surface area contributed by atoms with Crippen LogP contribution in [0.5, 0.6) is 0 Å². The highest BCUT2D eigenvalue weighted by atomic mass is 14.1. The van der Waals surface area contributed by atoms with Crippen LogP contribution in [0.15, 0.2) is 0 Å². The molecular weight excluding hydrogens is 504 g/mol. The lowest BCUT2D eigenvalue weighted by Gasteiger charge is -2.17. The topological polar surface area (TPSA) is 0 Å². The Balaban J connectivity index is 3.52. The number of unbranched alkanes of at least 4 members (excludes halogenated alkanes) is 32. The molecule has 0 fully saturated rings. The van der Waals surface area contributed by atoms with Crippen molar-refractivity contribution in [3.63, 3.8) is 0 Å². The second-order valence-electron chi connectivity index (χ2n) is 14.5. The normalized spacial score (nSPS) is 11.7. The highest BCUT2D eigenvalue weighted by Gasteiger charge is 2.08. The summed E-state index contributed by atoms with van der Waals surface area (Å²) in [6.45, 7) is 6.99. The third-order valence-corrected chi connectivity index (χ3v) is 10.1. The molecule has 0 saturated heterocycles. The van der Waals surface area contributed by atoms with Crippen molar-refractivity contribution in [3.8, 4) is 0 Å². The quantitative estimate of drug-likeness (QED) is 0.0627. The average molecular weight is 591 g/mol. The van der Waals surface area contributed by atoms with Crippen LogP contribution in [0, 0.1) is 5.92 Å². The van der Waals surface area contributed by atoms with E-state index in [0.717, 1.165) is 5.92 Å². The molecule has 0 aliphatic rings. The molecule has 0 bridgehead atoms. The minimum atomic E-state index is 1.04. The summed E-state index contributed by atoms with van der Waals surface area (Å²) in [7, 11) is 0. The van der Waals surface area contributed by atoms with E-state index in [4.69, 9.17) is 0 Å². The van der Waals surface area contributed by atoms with E-state index in [-0.39, 0.29) is 0 Å². The first kappa shape index (κ1) is 42.0. The maximum absolute atomic E-state index is 2.36. The minimum absolute atomic E-state index is 1.04. The van der Waals surface area contributed by atoms with Gasteiger partial charge in [0, 0.05) is 0 Å². The molecule has 0 heteroatoms. The van der Waals surface area contributed by atoms with Crippen molar-refractivity contribution in [2.75, 3.05) is 0 Å². The van der Waals surface area contributed by atoms with Crippen molar-refractivity contribution in [2.45, 2.75) is 265 Å². The summed E-state index contributed by atoms with van der Waals surface area (Å²) >= 11 is 0. The van der Waals surface area contributed by atoms with Crippen molar-refractivity contribution in [1.29, 1.82) is 0 Å². The van der Waals surface area contributed by atoms with Gasteiger partial charge in [0.05, 0.1) is 0 Å². The van der Waals surface area contributed by atoms with E-state index in [2.05, 4.69) is 20.8 Å². The van der Waals surface area contributed by atoms with Gasteiger partial charge in [-0.05, 0) is 5.92 Å². The largest absolute Gasteiger partial charge is 0.0654 e. The molecular formula is C42H86. The third kappa shape index (κ3) is 36.2. The van der Waals surface area contributed by atoms with Crippen LogP contribution in [0.3, 0.4) is 0 Å². The number of hydrogen-bond acceptors (Lipinski definition) is 0. The van der Waals surface area contributed by atoms with Gasteiger partial charge in [0.15, 0.2) is 0 Å². The van der Waals surface area contributed by atoms with Gasteiger partial charge in [0.25, 0.3) is 0 Å². The van der Waals surface area contributed by atoms with Gasteiger partial charge in [-0.3, -0.25) is 0 Å². The molecule has 0 radical (unpaired) electrons. The molecule has 0 aliphatic carbocycles. The predicted octanol–water partition coefficient (Wildman–Crippen LogP) is 16.5. The summed E-state index contributed by atoms with van der Waals surface area (Å²) < 4.78 is 0. The minimum Gasteiger partial charge on any atom is -0.0654 e. The second-order valence-corrected chi connectivity index (χ2v) is 14.5. The fraction of sp³-hybridized carbons (Fsp3) is 1.00. The van der Waals surface area contributed by atoms with Crippen molar-refractivity contribution in [3.05, 3.63) is 0 Å². The summed E-state index contributed by atoms with van der Waals surface area (Å²) in [5.74, 6) is 1.04. The lowest BCUT2D eigenvalue weighted by atomic mass is 9.89. The van der Waals surface area contributed by atoms with Crippen molar-refractivity contribution >= 4 is 0 Å². The number of rotatable bonds is 38. The maximum atomic E-state index is 2.36. The summed E-state index contributed by atoms with van der Waals surface area (Å²) in [6, 6.07) is 0. The fourth-order valence-corrected chi connectivity index (χ4v) is 7.08. The van der Waals surface area contributed by atoms with Crippen LogP contribution in [-0.4, -0.2) is 0 Å². The average Bonchev–Trinajstić information content (AvgIpc) is 3.00. The Labute approximate surface area is 270 Å². The van der Waals surface area contributed by atoms with E-state index >= 15 is 0 Å². The Morgan fingerprint density at radius 1 is 0.190 bits per heavy atom. The maximum Gasteiger partial charge on any atom is -0.0414 e. The molecule has 0 aromatic rings. The van der Waals surface area contributed by atoms with Gasteiger partial charge in [-0.2, -0.15) is 0 Å². The van der Waals surface area contributed by atoms with Gasteiger partial charge in [0.1, 0.15) is 0 Å². The highest BCUT2D eigenvalue weighted by molar-refractivity contribution is 4.62. The van der Waals surface area contributed by atoms with E-state index in [1.165, 1.54) is 244 Å². The molecule has 0 nitrogen and oxygen atoms in total. The molecule has 42 heavy (non-hydrogen) atoms. The first-order valence-electron chi connectivity index (χ1n) is 20.8. The first-order chi connectivity index (χ1) is 20.8. The lowest BCUT2D eigenvalue weighted by Crippen LogP contribution is -2.01. The van der Waals surface area contributed by atoms with E-state index in [0.29, 0.717) is 0 Å². The lowest BCUT2D eigenvalue weighted by molar-refractivity contribution is 0.367. The Bertz CT molecular complexity index is 403. The van der Waals surface area contributed by atoms with E-state index < -0.39 is 0 Å². The molecule has 254 valence electrons. The van der Waals surface area contributed by atoms with Gasteiger partial charge in [-0.1, -0.05) is 265 Å². The SMILES string of the molecule is CCCCCCCCCCCCCCCCCCC(CCCCC)CCCCCCCCCCCCCCCCCC. The Kier molecular flexibility index (Phi) is 39.0. The highest BCUT2D eigenvalue weighted by Crippen LogP contribution is 2.25. The third-order valence-electron chi connectivity index (χ3n) is 10.1. The summed E-state index contributed by atoms with van der Waals surface area (Å²) in [5.41, 5.74) is 0. The van der Waals surface area contributed by atoms with Crippen LogP contribution in [0.4, 0.5) is 0 Å². The molecule has 0 amide bonds. The monoisotopic (exact) mass is 591 g/mol. The van der Waals surface area contributed by atoms with Crippen LogP contribution in [0.2, 0.25) is 0 Å². The molecule has 0 aliphatic heterocycles. The van der Waals surface area contributed by atoms with E-state index in [1.807, 2.05) is 0 Å². The Morgan fingerprint density at radius 2 is 0.333 bits per heavy atom. The molecule has 0 saturated carbocycles. The van der Waals surface area contributed by atoms with Crippen molar-refractivity contribution in [1.82, 2.24) is 0 Å². The van der Waals surface area contributed by atoms with Gasteiger partial charge in [0.2, 0.25) is 0 Å². The molecule has 0 aromatic heterocycles. The summed E-state index contributed by atoms with van der Waals surface area (Å²) in [4.78, 5) is 0. The van der Waals surface area contributed by atoms with Crippen LogP contribution < -0.4 is 0 Å². The molecule has 0 spiro atoms. The standard InChI is InChI=1S/C42H86/c1-4-7-10-12-14-16-18-20-22-24-26-28-30-32-34-37-40-42(39-36-9-6-3)41-38-35-33-31-29-27-25-23-21-19-17-15-13-11-8-5-2/h42H,4-41H2,1-3H3. The zero-order chi connectivity index (χ0) is 30.4. The van der Waals surface area contributed by atoms with Crippen LogP contribution in [-0.2, 0) is 0 Å². The molecule has 0 aromatic carbocycles. The molecule has 0 rings (SSSR count). The van der Waals surface area contributed by atoms with E-state index in [9.17, 15) is 0 Å². The first-order valence-corrected chi connectivity index (χ1v) is 20.8. The zero-order valence-corrected chi connectivity index (χ0v) is 30.4. The summed E-state index contributed by atoms with van der Waals surface area (Å²) in [5, 5.41) is 0. The fourth-order valence-electron chi connectivity index (χ4n) is 7.08. The molecule has 0 atom stereocenters. The van der Waals surface area contributed by atoms with Gasteiger partial charge >= 0.3 is 0 Å². The van der Waals surface area contributed by atoms with E-state index in [1.54, 1.807) is 0 Å². The molecule has 0 unspecified atom stereocenters. The predicted molar refractivity (Wildman–Crippen MR) is 196 cm³/mol. The second kappa shape index (κ2) is 39.0. The smallest absolute Gasteiger partial charge is 0.0414 e. The molecule has 0 N–H and O–H groups in total.